The topological polar surface area (TPSA) is 139 Å². The van der Waals surface area contributed by atoms with Crippen LogP contribution >= 0.6 is 0 Å². The van der Waals surface area contributed by atoms with Gasteiger partial charge in [0.1, 0.15) is 5.84 Å². The monoisotopic (exact) mass is 349 g/mol. The fourth-order valence-corrected chi connectivity index (χ4v) is 2.29. The van der Waals surface area contributed by atoms with Crippen LogP contribution in [0.1, 0.15) is 25.0 Å². The average molecular weight is 349 g/mol. The van der Waals surface area contributed by atoms with E-state index in [0.717, 1.165) is 33.7 Å². The molecule has 0 amide bonds. The van der Waals surface area contributed by atoms with E-state index >= 15 is 0 Å². The Morgan fingerprint density at radius 2 is 1.23 bits per heavy atom. The Labute approximate surface area is 152 Å². The molecule has 7 nitrogen and oxygen atoms in total. The molecule has 0 aliphatic rings. The molecule has 134 valence electrons. The molecule has 0 aliphatic heterocycles. The van der Waals surface area contributed by atoms with Crippen molar-refractivity contribution in [1.82, 2.24) is 0 Å². The van der Waals surface area contributed by atoms with Gasteiger partial charge in [-0.3, -0.25) is 10.4 Å². The third-order valence-corrected chi connectivity index (χ3v) is 3.74. The van der Waals surface area contributed by atoms with Crippen LogP contribution in [-0.4, -0.2) is 29.8 Å². The lowest BCUT2D eigenvalue weighted by Gasteiger charge is -2.06. The second-order valence-electron chi connectivity index (χ2n) is 5.79. The Morgan fingerprint density at radius 1 is 0.769 bits per heavy atom. The molecule has 0 radical (unpaired) electrons. The minimum Gasteiger partial charge on any atom is -0.386 e. The fourth-order valence-electron chi connectivity index (χ4n) is 2.29. The molecule has 0 saturated carbocycles. The van der Waals surface area contributed by atoms with E-state index in [2.05, 4.69) is 15.2 Å². The summed E-state index contributed by atoms with van der Waals surface area (Å²) in [7, 11) is 0. The molecule has 0 aliphatic carbocycles. The first kappa shape index (κ1) is 18.9. The number of benzene rings is 2. The van der Waals surface area contributed by atoms with E-state index in [9.17, 15) is 0 Å². The van der Waals surface area contributed by atoms with Crippen LogP contribution in [0.4, 0.5) is 0 Å². The van der Waals surface area contributed by atoms with Crippen molar-refractivity contribution in [3.05, 3.63) is 59.7 Å². The minimum absolute atomic E-state index is 0.0553. The summed E-state index contributed by atoms with van der Waals surface area (Å²) < 4.78 is 0. The molecule has 0 atom stereocenters. The Morgan fingerprint density at radius 3 is 1.65 bits per heavy atom. The maximum Gasteiger partial charge on any atom is 0.211 e. The van der Waals surface area contributed by atoms with Crippen LogP contribution in [0.15, 0.2) is 63.7 Å². The third-order valence-electron chi connectivity index (χ3n) is 3.74. The smallest absolute Gasteiger partial charge is 0.211 e. The number of nitrogens with zero attached hydrogens (tertiary/aromatic N) is 3. The lowest BCUT2D eigenvalue weighted by atomic mass is 10.0. The van der Waals surface area contributed by atoms with E-state index in [1.807, 2.05) is 62.4 Å². The summed E-state index contributed by atoms with van der Waals surface area (Å²) in [4.78, 5) is 4.28. The maximum atomic E-state index is 7.23. The van der Waals surface area contributed by atoms with Gasteiger partial charge in [-0.1, -0.05) is 48.5 Å². The van der Waals surface area contributed by atoms with Gasteiger partial charge in [0, 0.05) is 5.71 Å². The number of hydrogen-bond donors (Lipinski definition) is 4. The van der Waals surface area contributed by atoms with Gasteiger partial charge in [-0.05, 0) is 36.1 Å². The number of amidine groups is 1. The summed E-state index contributed by atoms with van der Waals surface area (Å²) >= 11 is 0. The van der Waals surface area contributed by atoms with Crippen molar-refractivity contribution >= 4 is 23.2 Å². The summed E-state index contributed by atoms with van der Waals surface area (Å²) in [6, 6.07) is 16.1. The SMILES string of the molecule is CC(=NCC(=N)N)c1ccc(-c2ccc(/C(C)=N/N=C(N)N)cc2)cc1. The second-order valence-corrected chi connectivity index (χ2v) is 5.79. The van der Waals surface area contributed by atoms with Crippen LogP contribution in [0.2, 0.25) is 0 Å². The zero-order chi connectivity index (χ0) is 19.1. The molecule has 0 fully saturated rings. The Bertz CT molecular complexity index is 856. The lowest BCUT2D eigenvalue weighted by molar-refractivity contribution is 1.20. The first-order valence-electron chi connectivity index (χ1n) is 8.05. The highest BCUT2D eigenvalue weighted by Gasteiger charge is 2.03. The molecule has 2 aromatic rings. The van der Waals surface area contributed by atoms with Crippen molar-refractivity contribution in [3.63, 3.8) is 0 Å². The summed E-state index contributed by atoms with van der Waals surface area (Å²) in [5.74, 6) is -0.0112. The molecule has 2 aromatic carbocycles. The highest BCUT2D eigenvalue weighted by atomic mass is 15.3. The van der Waals surface area contributed by atoms with Crippen molar-refractivity contribution in [1.29, 1.82) is 5.41 Å². The molecule has 7 N–H and O–H groups in total. The minimum atomic E-state index is -0.0665. The van der Waals surface area contributed by atoms with E-state index in [1.165, 1.54) is 0 Å². The molecule has 0 heterocycles. The Hall–Kier alpha value is -3.48. The van der Waals surface area contributed by atoms with Crippen LogP contribution < -0.4 is 17.2 Å². The molecule has 26 heavy (non-hydrogen) atoms. The van der Waals surface area contributed by atoms with Crippen LogP contribution in [-0.2, 0) is 0 Å². The van der Waals surface area contributed by atoms with Gasteiger partial charge in [-0.25, -0.2) is 0 Å². The standard InChI is InChI=1S/C19H23N7/c1-12(24-11-18(20)21)14-3-7-16(8-4-14)17-9-5-15(6-10-17)13(2)25-26-19(22)23/h3-10H,11H2,1-2H3,(H3,20,21)(H4,22,23,26)/b24-12?,25-13+. The molecular formula is C19H23N7. The van der Waals surface area contributed by atoms with E-state index in [0.29, 0.717) is 0 Å². The molecule has 0 bridgehead atoms. The van der Waals surface area contributed by atoms with Crippen molar-refractivity contribution in [2.45, 2.75) is 13.8 Å². The molecule has 0 spiro atoms. The normalized spacial score (nSPS) is 11.9. The fraction of sp³-hybridized carbons (Fsp3) is 0.158. The number of nitrogens with one attached hydrogen (secondary N) is 1. The van der Waals surface area contributed by atoms with Gasteiger partial charge in [-0.2, -0.15) is 5.10 Å². The number of hydrogen-bond acceptors (Lipinski definition) is 4. The van der Waals surface area contributed by atoms with Gasteiger partial charge in [0.2, 0.25) is 5.96 Å². The number of rotatable bonds is 6. The van der Waals surface area contributed by atoms with Gasteiger partial charge >= 0.3 is 0 Å². The van der Waals surface area contributed by atoms with Crippen LogP contribution in [0.3, 0.4) is 0 Å². The largest absolute Gasteiger partial charge is 0.386 e. The quantitative estimate of drug-likeness (QED) is 0.361. The van der Waals surface area contributed by atoms with E-state index < -0.39 is 0 Å². The van der Waals surface area contributed by atoms with E-state index in [1.54, 1.807) is 0 Å². The van der Waals surface area contributed by atoms with Crippen LogP contribution in [0.25, 0.3) is 11.1 Å². The summed E-state index contributed by atoms with van der Waals surface area (Å²) in [6.45, 7) is 3.97. The van der Waals surface area contributed by atoms with Crippen molar-refractivity contribution in [2.24, 2.45) is 32.4 Å². The maximum absolute atomic E-state index is 7.23. The van der Waals surface area contributed by atoms with Crippen LogP contribution in [0, 0.1) is 5.41 Å². The predicted octanol–water partition coefficient (Wildman–Crippen LogP) is 2.10. The third kappa shape index (κ3) is 5.27. The van der Waals surface area contributed by atoms with Crippen LogP contribution in [0.5, 0.6) is 0 Å². The first-order chi connectivity index (χ1) is 12.4. The molecule has 0 aromatic heterocycles. The molecule has 0 unspecified atom stereocenters. The van der Waals surface area contributed by atoms with Gasteiger partial charge in [0.25, 0.3) is 0 Å². The molecule has 0 saturated heterocycles. The summed E-state index contributed by atoms with van der Waals surface area (Å²) in [6.07, 6.45) is 0. The van der Waals surface area contributed by atoms with Gasteiger partial charge in [0.05, 0.1) is 12.3 Å². The zero-order valence-corrected chi connectivity index (χ0v) is 14.9. The van der Waals surface area contributed by atoms with Gasteiger partial charge in [-0.15, -0.1) is 5.10 Å². The van der Waals surface area contributed by atoms with Gasteiger partial charge in [0.15, 0.2) is 0 Å². The molecular weight excluding hydrogens is 326 g/mol. The summed E-state index contributed by atoms with van der Waals surface area (Å²) in [5.41, 5.74) is 21.6. The first-order valence-corrected chi connectivity index (χ1v) is 8.05. The van der Waals surface area contributed by atoms with E-state index in [-0.39, 0.29) is 18.3 Å². The average Bonchev–Trinajstić information content (AvgIpc) is 2.64. The van der Waals surface area contributed by atoms with Gasteiger partial charge < -0.3 is 17.2 Å². The van der Waals surface area contributed by atoms with Crippen molar-refractivity contribution in [2.75, 3.05) is 6.54 Å². The predicted molar refractivity (Wildman–Crippen MR) is 109 cm³/mol. The highest BCUT2D eigenvalue weighted by molar-refractivity contribution is 6.00. The molecule has 2 rings (SSSR count). The van der Waals surface area contributed by atoms with Crippen molar-refractivity contribution in [3.8, 4) is 11.1 Å². The molecule has 7 heteroatoms. The van der Waals surface area contributed by atoms with Crippen molar-refractivity contribution < 1.29 is 0 Å². The number of nitrogens with two attached hydrogens (primary N) is 3. The zero-order valence-electron chi connectivity index (χ0n) is 14.9. The summed E-state index contributed by atoms with van der Waals surface area (Å²) in [5, 5.41) is 14.9. The Balaban J connectivity index is 2.17. The highest BCUT2D eigenvalue weighted by Crippen LogP contribution is 2.21. The van der Waals surface area contributed by atoms with E-state index in [4.69, 9.17) is 22.6 Å². The number of guanidine groups is 1. The second kappa shape index (κ2) is 8.57. The Kier molecular flexibility index (Phi) is 6.21. The lowest BCUT2D eigenvalue weighted by Crippen LogP contribution is -2.22. The number of aliphatic imine (C=N–C) groups is 1.